The van der Waals surface area contributed by atoms with E-state index in [0.717, 1.165) is 17.1 Å². The highest BCUT2D eigenvalue weighted by Crippen LogP contribution is 2.73. The van der Waals surface area contributed by atoms with Crippen LogP contribution in [-0.4, -0.2) is 0 Å². The Morgan fingerprint density at radius 2 is 0.516 bits per heavy atom. The first-order chi connectivity index (χ1) is 31.7. The van der Waals surface area contributed by atoms with Gasteiger partial charge in [0.05, 0.1) is 0 Å². The molecule has 0 saturated carbocycles. The molecular formula is C62H45NS. The van der Waals surface area contributed by atoms with Crippen LogP contribution in [-0.2, 0) is 0 Å². The Balaban J connectivity index is 0.969. The van der Waals surface area contributed by atoms with Gasteiger partial charge in [-0.3, -0.25) is 0 Å². The zero-order chi connectivity index (χ0) is 42.7. The van der Waals surface area contributed by atoms with Crippen molar-refractivity contribution in [3.05, 3.63) is 273 Å². The predicted octanol–water partition coefficient (Wildman–Crippen LogP) is 17.8. The van der Waals surface area contributed by atoms with Crippen LogP contribution in [0.1, 0.15) is 0 Å². The van der Waals surface area contributed by atoms with E-state index in [1.54, 1.807) is 0 Å². The molecule has 1 nitrogen and oxygen atoms in total. The minimum Gasteiger partial charge on any atom is -0.311 e. The Morgan fingerprint density at radius 1 is 0.219 bits per heavy atom. The van der Waals surface area contributed by atoms with Gasteiger partial charge in [-0.2, -0.15) is 0 Å². The van der Waals surface area contributed by atoms with Gasteiger partial charge in [-0.25, -0.2) is 0 Å². The zero-order valence-electron chi connectivity index (χ0n) is 35.3. The smallest absolute Gasteiger partial charge is 0.0462 e. The van der Waals surface area contributed by atoms with Crippen LogP contribution in [0.25, 0.3) is 54.9 Å². The molecular weight excluding hydrogens is 791 g/mol. The number of hydrogen-bond donors (Lipinski definition) is 0. The quantitative estimate of drug-likeness (QED) is 0.133. The molecule has 11 aromatic rings. The van der Waals surface area contributed by atoms with Crippen LogP contribution in [0.3, 0.4) is 0 Å². The number of nitrogens with zero attached hydrogens (tertiary/aromatic N) is 1. The summed E-state index contributed by atoms with van der Waals surface area (Å²) in [6.07, 6.45) is 0. The van der Waals surface area contributed by atoms with Gasteiger partial charge in [0.15, 0.2) is 0 Å². The molecule has 11 aromatic carbocycles. The van der Waals surface area contributed by atoms with Crippen molar-refractivity contribution in [2.24, 2.45) is 0 Å². The van der Waals surface area contributed by atoms with Crippen LogP contribution in [0.2, 0.25) is 0 Å². The summed E-state index contributed by atoms with van der Waals surface area (Å²) in [6, 6.07) is 99.9. The summed E-state index contributed by atoms with van der Waals surface area (Å²) in [7, 11) is -1.76. The highest BCUT2D eigenvalue weighted by molar-refractivity contribution is 8.34. The Hall–Kier alpha value is -7.91. The number of fused-ring (bicyclic) bond motifs is 2. The molecule has 0 heterocycles. The van der Waals surface area contributed by atoms with Crippen molar-refractivity contribution in [2.75, 3.05) is 4.90 Å². The monoisotopic (exact) mass is 835 g/mol. The van der Waals surface area contributed by atoms with E-state index in [-0.39, 0.29) is 0 Å². The van der Waals surface area contributed by atoms with E-state index in [2.05, 4.69) is 278 Å². The molecule has 0 saturated heterocycles. The fraction of sp³-hybridized carbons (Fsp3) is 0. The van der Waals surface area contributed by atoms with Gasteiger partial charge in [-0.15, -0.1) is 10.0 Å². The lowest BCUT2D eigenvalue weighted by Gasteiger charge is -2.42. The molecule has 0 spiro atoms. The normalized spacial score (nSPS) is 11.7. The SMILES string of the molecule is c1ccc(S(c2ccccc2)(c2ccccc2)c2ccc(-c3ccc(N(c4ccc(-c5cccc6ccccc56)cc4)c4ccc(-c5cccc6ccccc56)cc4)cc3)cc2)cc1. The van der Waals surface area contributed by atoms with Crippen LogP contribution in [0.15, 0.2) is 293 Å². The molecule has 0 fully saturated rings. The highest BCUT2D eigenvalue weighted by atomic mass is 32.3. The van der Waals surface area contributed by atoms with E-state index in [4.69, 9.17) is 0 Å². The van der Waals surface area contributed by atoms with Gasteiger partial charge >= 0.3 is 0 Å². The first-order valence-electron chi connectivity index (χ1n) is 21.9. The van der Waals surface area contributed by atoms with Crippen molar-refractivity contribution in [1.29, 1.82) is 0 Å². The molecule has 0 atom stereocenters. The Morgan fingerprint density at radius 3 is 0.906 bits per heavy atom. The molecule has 0 bridgehead atoms. The van der Waals surface area contributed by atoms with Crippen molar-refractivity contribution in [1.82, 2.24) is 0 Å². The third-order valence-electron chi connectivity index (χ3n) is 12.4. The average molecular weight is 836 g/mol. The largest absolute Gasteiger partial charge is 0.311 e. The second-order valence-corrected chi connectivity index (χ2v) is 19.2. The van der Waals surface area contributed by atoms with Crippen LogP contribution in [0, 0.1) is 0 Å². The third-order valence-corrected chi connectivity index (χ3v) is 16.3. The van der Waals surface area contributed by atoms with Gasteiger partial charge in [0.25, 0.3) is 0 Å². The van der Waals surface area contributed by atoms with Crippen molar-refractivity contribution >= 4 is 48.6 Å². The summed E-state index contributed by atoms with van der Waals surface area (Å²) in [5.41, 5.74) is 10.5. The number of hydrogen-bond acceptors (Lipinski definition) is 1. The summed E-state index contributed by atoms with van der Waals surface area (Å²) in [4.78, 5) is 7.63. The molecule has 0 aliphatic heterocycles. The number of rotatable bonds is 10. The van der Waals surface area contributed by atoms with Crippen LogP contribution >= 0.6 is 10.0 Å². The molecule has 11 rings (SSSR count). The molecule has 0 aromatic heterocycles. The van der Waals surface area contributed by atoms with Gasteiger partial charge in [-0.1, -0.05) is 188 Å². The van der Waals surface area contributed by atoms with Crippen molar-refractivity contribution < 1.29 is 0 Å². The first-order valence-corrected chi connectivity index (χ1v) is 23.5. The lowest BCUT2D eigenvalue weighted by molar-refractivity contribution is 1.24. The second-order valence-electron chi connectivity index (χ2n) is 16.1. The van der Waals surface area contributed by atoms with Crippen LogP contribution in [0.5, 0.6) is 0 Å². The average Bonchev–Trinajstić information content (AvgIpc) is 3.38. The maximum absolute atomic E-state index is 2.37. The van der Waals surface area contributed by atoms with Gasteiger partial charge in [0.1, 0.15) is 0 Å². The van der Waals surface area contributed by atoms with Crippen LogP contribution in [0.4, 0.5) is 17.1 Å². The first kappa shape index (κ1) is 39.0. The molecule has 0 aliphatic carbocycles. The minimum absolute atomic E-state index is 1.09. The second kappa shape index (κ2) is 17.1. The van der Waals surface area contributed by atoms with Gasteiger partial charge < -0.3 is 4.90 Å². The highest BCUT2D eigenvalue weighted by Gasteiger charge is 2.33. The number of benzene rings is 11. The summed E-state index contributed by atoms with van der Waals surface area (Å²) in [5.74, 6) is 0. The van der Waals surface area contributed by atoms with E-state index in [0.29, 0.717) is 0 Å². The summed E-state index contributed by atoms with van der Waals surface area (Å²) in [6.45, 7) is 0. The van der Waals surface area contributed by atoms with E-state index in [1.807, 2.05) is 0 Å². The molecule has 64 heavy (non-hydrogen) atoms. The predicted molar refractivity (Wildman–Crippen MR) is 272 cm³/mol. The van der Waals surface area contributed by atoms with Gasteiger partial charge in [0.2, 0.25) is 0 Å². The summed E-state index contributed by atoms with van der Waals surface area (Å²) in [5, 5.41) is 5.01. The molecule has 0 amide bonds. The maximum Gasteiger partial charge on any atom is 0.0462 e. The molecule has 0 radical (unpaired) electrons. The molecule has 0 aliphatic rings. The lowest BCUT2D eigenvalue weighted by Crippen LogP contribution is -2.09. The third kappa shape index (κ3) is 7.14. The summed E-state index contributed by atoms with van der Waals surface area (Å²) >= 11 is 0. The molecule has 0 unspecified atom stereocenters. The van der Waals surface area contributed by atoms with Crippen molar-refractivity contribution in [3.8, 4) is 33.4 Å². The minimum atomic E-state index is -1.76. The fourth-order valence-electron chi connectivity index (χ4n) is 9.33. The standard InChI is InChI=1S/C62H45NS/c1-4-20-55(21-5-1)64(56-22-6-2-7-23-56,57-24-8-3-9-25-57)58-44-36-47(37-45-58)46-30-38-52(39-31-46)63(53-40-32-50(33-41-53)61-28-14-18-48-16-10-12-26-59(48)61)54-42-34-51(35-43-54)62-29-15-19-49-17-11-13-27-60(49)62/h1-45H. The van der Waals surface area contributed by atoms with Gasteiger partial charge in [0, 0.05) is 36.6 Å². The Kier molecular flexibility index (Phi) is 10.4. The lowest BCUT2D eigenvalue weighted by atomic mass is 9.97. The van der Waals surface area contributed by atoms with E-state index >= 15 is 0 Å². The van der Waals surface area contributed by atoms with Crippen LogP contribution < -0.4 is 4.90 Å². The van der Waals surface area contributed by atoms with Crippen molar-refractivity contribution in [3.63, 3.8) is 0 Å². The van der Waals surface area contributed by atoms with E-state index in [9.17, 15) is 0 Å². The Bertz CT molecular complexity index is 3100. The fourth-order valence-corrected chi connectivity index (χ4v) is 13.2. The topological polar surface area (TPSA) is 3.24 Å². The molecule has 304 valence electrons. The Labute approximate surface area is 377 Å². The van der Waals surface area contributed by atoms with Crippen molar-refractivity contribution in [2.45, 2.75) is 19.6 Å². The van der Waals surface area contributed by atoms with E-state index < -0.39 is 10.0 Å². The molecule has 0 N–H and O–H groups in total. The molecule has 2 heteroatoms. The van der Waals surface area contributed by atoms with E-state index in [1.165, 1.54) is 74.5 Å². The maximum atomic E-state index is 2.37. The summed E-state index contributed by atoms with van der Waals surface area (Å²) < 4.78 is 0. The van der Waals surface area contributed by atoms with Gasteiger partial charge in [-0.05, 0) is 140 Å². The zero-order valence-corrected chi connectivity index (χ0v) is 36.2. The number of anilines is 3.